The largest absolute Gasteiger partial charge is 0.242 e. The molecule has 0 amide bonds. The summed E-state index contributed by atoms with van der Waals surface area (Å²) in [7, 11) is 0. The van der Waals surface area contributed by atoms with E-state index in [9.17, 15) is 8.78 Å². The zero-order valence-corrected chi connectivity index (χ0v) is 6.35. The van der Waals surface area contributed by atoms with E-state index in [0.29, 0.717) is 5.57 Å². The minimum Gasteiger partial charge on any atom is -0.242 e. The summed E-state index contributed by atoms with van der Waals surface area (Å²) in [5.41, 5.74) is 0.521. The molecule has 1 aliphatic carbocycles. The van der Waals surface area contributed by atoms with E-state index in [2.05, 4.69) is 6.58 Å². The molecule has 0 fully saturated rings. The number of hydrogen-bond donors (Lipinski definition) is 0. The lowest BCUT2D eigenvalue weighted by molar-refractivity contribution is 0.290. The maximum Gasteiger partial charge on any atom is 0.128 e. The molecule has 2 heteroatoms. The molecule has 0 spiro atoms. The molecular formula is C9H10F2. The predicted molar refractivity (Wildman–Crippen MR) is 41.5 cm³/mol. The van der Waals surface area contributed by atoms with Gasteiger partial charge in [0.1, 0.15) is 12.0 Å². The van der Waals surface area contributed by atoms with Crippen LogP contribution < -0.4 is 0 Å². The first kappa shape index (κ1) is 8.18. The quantitative estimate of drug-likeness (QED) is 0.547. The van der Waals surface area contributed by atoms with Crippen molar-refractivity contribution in [2.24, 2.45) is 5.92 Å². The van der Waals surface area contributed by atoms with E-state index in [1.54, 1.807) is 0 Å². The molecule has 0 saturated carbocycles. The second-order valence-corrected chi connectivity index (χ2v) is 2.63. The van der Waals surface area contributed by atoms with E-state index in [1.807, 2.05) is 0 Å². The van der Waals surface area contributed by atoms with E-state index in [-0.39, 0.29) is 0 Å². The maximum atomic E-state index is 12.9. The highest BCUT2D eigenvalue weighted by Gasteiger charge is 2.22. The third kappa shape index (κ3) is 1.56. The van der Waals surface area contributed by atoms with Gasteiger partial charge in [0.25, 0.3) is 0 Å². The van der Waals surface area contributed by atoms with Crippen LogP contribution >= 0.6 is 0 Å². The fourth-order valence-corrected chi connectivity index (χ4v) is 0.946. The van der Waals surface area contributed by atoms with Gasteiger partial charge < -0.3 is 0 Å². The van der Waals surface area contributed by atoms with Crippen molar-refractivity contribution in [2.45, 2.75) is 13.1 Å². The zero-order chi connectivity index (χ0) is 8.43. The van der Waals surface area contributed by atoms with Gasteiger partial charge in [-0.05, 0) is 17.7 Å². The fraction of sp³-hybridized carbons (Fsp3) is 0.333. The van der Waals surface area contributed by atoms with E-state index in [4.69, 9.17) is 0 Å². The first-order valence-electron chi connectivity index (χ1n) is 3.50. The Kier molecular flexibility index (Phi) is 2.22. The average molecular weight is 156 g/mol. The van der Waals surface area contributed by atoms with Crippen LogP contribution in [-0.2, 0) is 0 Å². The lowest BCUT2D eigenvalue weighted by Crippen LogP contribution is -2.14. The topological polar surface area (TPSA) is 0 Å². The summed E-state index contributed by atoms with van der Waals surface area (Å²) < 4.78 is 25.7. The van der Waals surface area contributed by atoms with E-state index in [0.717, 1.165) is 0 Å². The molecule has 11 heavy (non-hydrogen) atoms. The van der Waals surface area contributed by atoms with Gasteiger partial charge in [0.15, 0.2) is 0 Å². The first-order chi connectivity index (χ1) is 5.15. The lowest BCUT2D eigenvalue weighted by Gasteiger charge is -2.16. The number of rotatable bonds is 1. The molecule has 2 atom stereocenters. The Hall–Kier alpha value is -0.920. The normalized spacial score (nSPS) is 30.8. The second-order valence-electron chi connectivity index (χ2n) is 2.63. The van der Waals surface area contributed by atoms with Crippen molar-refractivity contribution < 1.29 is 8.78 Å². The van der Waals surface area contributed by atoms with Crippen molar-refractivity contribution in [3.63, 3.8) is 0 Å². The summed E-state index contributed by atoms with van der Waals surface area (Å²) in [6.07, 6.45) is 2.92. The highest BCUT2D eigenvalue weighted by molar-refractivity contribution is 5.36. The molecule has 0 heterocycles. The van der Waals surface area contributed by atoms with Gasteiger partial charge in [0.05, 0.1) is 0 Å². The Balaban J connectivity index is 2.90. The van der Waals surface area contributed by atoms with Gasteiger partial charge in [-0.2, -0.15) is 0 Å². The van der Waals surface area contributed by atoms with Crippen molar-refractivity contribution in [2.75, 3.05) is 0 Å². The maximum absolute atomic E-state index is 12.9. The van der Waals surface area contributed by atoms with Gasteiger partial charge in [-0.15, -0.1) is 0 Å². The summed E-state index contributed by atoms with van der Waals surface area (Å²) in [6.45, 7) is 4.95. The molecule has 0 nitrogen and oxygen atoms in total. The molecule has 0 N–H and O–H groups in total. The number of halogens is 2. The Morgan fingerprint density at radius 1 is 1.64 bits per heavy atom. The summed E-state index contributed by atoms with van der Waals surface area (Å²) in [6, 6.07) is 0. The van der Waals surface area contributed by atoms with Crippen LogP contribution in [0.1, 0.15) is 6.92 Å². The van der Waals surface area contributed by atoms with Crippen molar-refractivity contribution >= 4 is 0 Å². The molecule has 1 unspecified atom stereocenters. The average Bonchev–Trinajstić information content (AvgIpc) is 1.99. The Morgan fingerprint density at radius 2 is 2.27 bits per heavy atom. The Morgan fingerprint density at radius 3 is 2.73 bits per heavy atom. The smallest absolute Gasteiger partial charge is 0.128 e. The van der Waals surface area contributed by atoms with Gasteiger partial charge >= 0.3 is 0 Å². The third-order valence-electron chi connectivity index (χ3n) is 1.80. The van der Waals surface area contributed by atoms with Crippen LogP contribution in [-0.4, -0.2) is 6.17 Å². The van der Waals surface area contributed by atoms with E-state index >= 15 is 0 Å². The van der Waals surface area contributed by atoms with Gasteiger partial charge in [-0.25, -0.2) is 8.78 Å². The van der Waals surface area contributed by atoms with Crippen LogP contribution in [0.5, 0.6) is 0 Å². The second kappa shape index (κ2) is 2.99. The molecule has 0 aromatic rings. The standard InChI is InChI=1S/C9H10F2/c1-3-7-4-8(10)6(2)9(11)5-7/h3-6,8H,1H2,2H3/t6-,8?/m1/s1. The number of allylic oxidation sites excluding steroid dienone is 5. The minimum absolute atomic E-state index is 0.408. The van der Waals surface area contributed by atoms with Gasteiger partial charge in [-0.1, -0.05) is 19.6 Å². The molecule has 1 aliphatic rings. The summed E-state index contributed by atoms with van der Waals surface area (Å²) >= 11 is 0. The highest BCUT2D eigenvalue weighted by Crippen LogP contribution is 2.27. The molecule has 0 radical (unpaired) electrons. The van der Waals surface area contributed by atoms with Crippen molar-refractivity contribution in [1.29, 1.82) is 0 Å². The molecule has 0 saturated heterocycles. The van der Waals surface area contributed by atoms with Crippen LogP contribution in [0, 0.1) is 5.92 Å². The SMILES string of the molecule is C=CC1=CC(F)[C@@H](C)C(F)=C1. The molecule has 60 valence electrons. The van der Waals surface area contributed by atoms with Crippen molar-refractivity contribution in [3.8, 4) is 0 Å². The van der Waals surface area contributed by atoms with E-state index < -0.39 is 17.9 Å². The summed E-state index contributed by atoms with van der Waals surface area (Å²) in [5.74, 6) is -1.05. The van der Waals surface area contributed by atoms with E-state index in [1.165, 1.54) is 25.2 Å². The lowest BCUT2D eigenvalue weighted by atomic mass is 9.95. The summed E-state index contributed by atoms with van der Waals surface area (Å²) in [5, 5.41) is 0. The number of alkyl halides is 1. The molecule has 0 aromatic heterocycles. The van der Waals surface area contributed by atoms with Crippen LogP contribution in [0.4, 0.5) is 8.78 Å². The molecular weight excluding hydrogens is 146 g/mol. The molecule has 1 rings (SSSR count). The van der Waals surface area contributed by atoms with Crippen LogP contribution in [0.25, 0.3) is 0 Å². The van der Waals surface area contributed by atoms with Crippen LogP contribution in [0.15, 0.2) is 36.2 Å². The Labute approximate surface area is 64.9 Å². The van der Waals surface area contributed by atoms with Crippen LogP contribution in [0.2, 0.25) is 0 Å². The molecule has 0 aromatic carbocycles. The predicted octanol–water partition coefficient (Wildman–Crippen LogP) is 2.94. The molecule has 0 aliphatic heterocycles. The van der Waals surface area contributed by atoms with Gasteiger partial charge in [0, 0.05) is 5.92 Å². The third-order valence-corrected chi connectivity index (χ3v) is 1.80. The Bertz CT molecular complexity index is 226. The number of hydrogen-bond acceptors (Lipinski definition) is 0. The monoisotopic (exact) mass is 156 g/mol. The minimum atomic E-state index is -1.21. The summed E-state index contributed by atoms with van der Waals surface area (Å²) in [4.78, 5) is 0. The highest BCUT2D eigenvalue weighted by atomic mass is 19.1. The van der Waals surface area contributed by atoms with Gasteiger partial charge in [-0.3, -0.25) is 0 Å². The molecule has 0 bridgehead atoms. The van der Waals surface area contributed by atoms with Gasteiger partial charge in [0.2, 0.25) is 0 Å². The zero-order valence-electron chi connectivity index (χ0n) is 6.35. The first-order valence-corrected chi connectivity index (χ1v) is 3.50. The fourth-order valence-electron chi connectivity index (χ4n) is 0.946. The van der Waals surface area contributed by atoms with Crippen molar-refractivity contribution in [1.82, 2.24) is 0 Å². The van der Waals surface area contributed by atoms with Crippen molar-refractivity contribution in [3.05, 3.63) is 36.2 Å². The van der Waals surface area contributed by atoms with Crippen LogP contribution in [0.3, 0.4) is 0 Å².